The molecule has 2 aromatic carbocycles. The molecule has 0 radical (unpaired) electrons. The fourth-order valence-electron chi connectivity index (χ4n) is 2.01. The number of hydrogen-bond donors (Lipinski definition) is 1. The van der Waals surface area contributed by atoms with E-state index in [9.17, 15) is 0 Å². The van der Waals surface area contributed by atoms with E-state index < -0.39 is 0 Å². The van der Waals surface area contributed by atoms with E-state index in [0.717, 1.165) is 16.6 Å². The van der Waals surface area contributed by atoms with Gasteiger partial charge in [0.1, 0.15) is 0 Å². The molecule has 0 aliphatic heterocycles. The monoisotopic (exact) mass is 310 g/mol. The molecule has 0 aliphatic carbocycles. The second kappa shape index (κ2) is 4.91. The van der Waals surface area contributed by atoms with E-state index in [1.807, 2.05) is 18.2 Å². The quantitative estimate of drug-likeness (QED) is 0.554. The summed E-state index contributed by atoms with van der Waals surface area (Å²) in [6, 6.07) is 16.6. The Morgan fingerprint density at radius 2 is 1.59 bits per heavy atom. The molecule has 0 atom stereocenters. The first-order chi connectivity index (χ1) is 7.88. The number of nitrogens with zero attached hydrogens (tertiary/aromatic N) is 1. The first-order valence-electron chi connectivity index (χ1n) is 5.36. The van der Waals surface area contributed by atoms with E-state index in [4.69, 9.17) is 5.73 Å². The molecule has 3 aromatic rings. The average Bonchev–Trinajstić information content (AvgIpc) is 2.38. The van der Waals surface area contributed by atoms with Crippen molar-refractivity contribution in [1.29, 1.82) is 0 Å². The van der Waals surface area contributed by atoms with Gasteiger partial charge in [-0.15, -0.1) is 0 Å². The smallest absolute Gasteiger partial charge is 0.0784 e. The first-order valence-corrected chi connectivity index (χ1v) is 5.36. The van der Waals surface area contributed by atoms with Crippen molar-refractivity contribution in [1.82, 2.24) is 4.98 Å². The Morgan fingerprint density at radius 3 is 2.41 bits per heavy atom. The van der Waals surface area contributed by atoms with Crippen LogP contribution in [0.2, 0.25) is 0 Å². The van der Waals surface area contributed by atoms with Gasteiger partial charge in [0.05, 0.1) is 11.2 Å². The van der Waals surface area contributed by atoms with E-state index in [0.29, 0.717) is 6.54 Å². The van der Waals surface area contributed by atoms with E-state index in [1.54, 1.807) is 0 Å². The molecule has 0 fully saturated rings. The minimum atomic E-state index is 0. The predicted molar refractivity (Wildman–Crippen MR) is 67.1 cm³/mol. The van der Waals surface area contributed by atoms with E-state index in [1.165, 1.54) is 10.8 Å². The van der Waals surface area contributed by atoms with Gasteiger partial charge < -0.3 is 5.73 Å². The van der Waals surface area contributed by atoms with Crippen molar-refractivity contribution < 1.29 is 19.5 Å². The molecule has 0 saturated heterocycles. The minimum absolute atomic E-state index is 0. The fourth-order valence-corrected chi connectivity index (χ4v) is 2.01. The summed E-state index contributed by atoms with van der Waals surface area (Å²) in [5.74, 6) is 0. The van der Waals surface area contributed by atoms with E-state index >= 15 is 0 Å². The molecule has 3 heteroatoms. The van der Waals surface area contributed by atoms with Crippen LogP contribution in [0.1, 0.15) is 5.69 Å². The van der Waals surface area contributed by atoms with Crippen molar-refractivity contribution in [2.24, 2.45) is 5.73 Å². The average molecular weight is 309 g/mol. The van der Waals surface area contributed by atoms with Gasteiger partial charge in [0, 0.05) is 36.8 Å². The Hall–Kier alpha value is -1.31. The number of benzene rings is 2. The normalized spacial score (nSPS) is 10.4. The predicted octanol–water partition coefficient (Wildman–Crippen LogP) is 2.84. The Morgan fingerprint density at radius 1 is 0.882 bits per heavy atom. The van der Waals surface area contributed by atoms with Crippen LogP contribution < -0.4 is 5.73 Å². The largest absolute Gasteiger partial charge is 0.325 e. The minimum Gasteiger partial charge on any atom is -0.325 e. The maximum atomic E-state index is 5.62. The Balaban J connectivity index is 0.00000108. The molecule has 17 heavy (non-hydrogen) atoms. The molecule has 0 aliphatic rings. The zero-order chi connectivity index (χ0) is 11.0. The number of nitrogens with two attached hydrogens (primary N) is 1. The number of fused-ring (bicyclic) bond motifs is 3. The van der Waals surface area contributed by atoms with Crippen LogP contribution in [0.15, 0.2) is 48.5 Å². The maximum absolute atomic E-state index is 5.62. The standard InChI is InChI=1S/C14H12N2.Ru/c15-9-12-8-7-11-6-5-10-3-1-2-4-13(10)14(11)16-12;/h1-8H,9,15H2;. The Labute approximate surface area is 113 Å². The van der Waals surface area contributed by atoms with Crippen LogP contribution in [0.4, 0.5) is 0 Å². The van der Waals surface area contributed by atoms with Crippen molar-refractivity contribution in [2.45, 2.75) is 6.54 Å². The molecule has 1 heterocycles. The summed E-state index contributed by atoms with van der Waals surface area (Å²) >= 11 is 0. The van der Waals surface area contributed by atoms with Crippen molar-refractivity contribution in [3.8, 4) is 0 Å². The molecule has 2 N–H and O–H groups in total. The summed E-state index contributed by atoms with van der Waals surface area (Å²) in [5.41, 5.74) is 7.60. The molecule has 0 spiro atoms. The molecule has 3 rings (SSSR count). The zero-order valence-electron chi connectivity index (χ0n) is 9.20. The Kier molecular flexibility index (Phi) is 3.51. The van der Waals surface area contributed by atoms with Crippen LogP contribution in [0.5, 0.6) is 0 Å². The van der Waals surface area contributed by atoms with Crippen molar-refractivity contribution in [3.63, 3.8) is 0 Å². The summed E-state index contributed by atoms with van der Waals surface area (Å²) in [4.78, 5) is 4.60. The molecule has 2 nitrogen and oxygen atoms in total. The van der Waals surface area contributed by atoms with Gasteiger partial charge in [-0.05, 0) is 11.5 Å². The topological polar surface area (TPSA) is 38.9 Å². The molecular weight excluding hydrogens is 297 g/mol. The van der Waals surface area contributed by atoms with Crippen molar-refractivity contribution >= 4 is 21.7 Å². The summed E-state index contributed by atoms with van der Waals surface area (Å²) in [5, 5.41) is 3.57. The molecule has 0 saturated carbocycles. The van der Waals surface area contributed by atoms with E-state index in [-0.39, 0.29) is 19.5 Å². The van der Waals surface area contributed by atoms with Crippen LogP contribution in [-0.4, -0.2) is 4.98 Å². The third-order valence-corrected chi connectivity index (χ3v) is 2.85. The second-order valence-electron chi connectivity index (χ2n) is 3.87. The number of rotatable bonds is 1. The van der Waals surface area contributed by atoms with Gasteiger partial charge in [0.2, 0.25) is 0 Å². The van der Waals surface area contributed by atoms with Gasteiger partial charge in [0.15, 0.2) is 0 Å². The van der Waals surface area contributed by atoms with Gasteiger partial charge in [-0.2, -0.15) is 0 Å². The number of pyridine rings is 1. The van der Waals surface area contributed by atoms with Crippen LogP contribution in [-0.2, 0) is 26.0 Å². The third kappa shape index (κ3) is 2.09. The summed E-state index contributed by atoms with van der Waals surface area (Å²) in [6.45, 7) is 0.485. The van der Waals surface area contributed by atoms with Crippen molar-refractivity contribution in [3.05, 3.63) is 54.2 Å². The fraction of sp³-hybridized carbons (Fsp3) is 0.0714. The third-order valence-electron chi connectivity index (χ3n) is 2.85. The van der Waals surface area contributed by atoms with Gasteiger partial charge in [-0.25, -0.2) is 0 Å². The van der Waals surface area contributed by atoms with Gasteiger partial charge in [-0.1, -0.05) is 42.5 Å². The number of aromatic nitrogens is 1. The van der Waals surface area contributed by atoms with Gasteiger partial charge >= 0.3 is 0 Å². The summed E-state index contributed by atoms with van der Waals surface area (Å²) in [6.07, 6.45) is 0. The zero-order valence-corrected chi connectivity index (χ0v) is 10.9. The second-order valence-corrected chi connectivity index (χ2v) is 3.87. The van der Waals surface area contributed by atoms with Gasteiger partial charge in [0.25, 0.3) is 0 Å². The van der Waals surface area contributed by atoms with Gasteiger partial charge in [-0.3, -0.25) is 4.98 Å². The Bertz CT molecular complexity index is 664. The molecular formula is C14H12N2Ru. The molecule has 0 amide bonds. The summed E-state index contributed by atoms with van der Waals surface area (Å²) in [7, 11) is 0. The molecule has 1 aromatic heterocycles. The SMILES string of the molecule is NCc1ccc2ccc3ccccc3c2n1.[Ru]. The molecule has 86 valence electrons. The van der Waals surface area contributed by atoms with Crippen LogP contribution in [0, 0.1) is 0 Å². The van der Waals surface area contributed by atoms with Crippen LogP contribution in [0.25, 0.3) is 21.7 Å². The van der Waals surface area contributed by atoms with Crippen molar-refractivity contribution in [2.75, 3.05) is 0 Å². The van der Waals surface area contributed by atoms with E-state index in [2.05, 4.69) is 35.3 Å². The number of hydrogen-bond acceptors (Lipinski definition) is 2. The van der Waals surface area contributed by atoms with Crippen LogP contribution in [0.3, 0.4) is 0 Å². The first kappa shape index (κ1) is 12.2. The van der Waals surface area contributed by atoms with Crippen LogP contribution >= 0.6 is 0 Å². The maximum Gasteiger partial charge on any atom is 0.0784 e. The summed E-state index contributed by atoms with van der Waals surface area (Å²) < 4.78 is 0. The molecule has 0 unspecified atom stereocenters. The molecule has 0 bridgehead atoms.